The van der Waals surface area contributed by atoms with Gasteiger partial charge in [0.1, 0.15) is 0 Å². The number of amides is 2. The van der Waals surface area contributed by atoms with Crippen LogP contribution in [0.2, 0.25) is 0 Å². The molecule has 17 heavy (non-hydrogen) atoms. The quantitative estimate of drug-likeness (QED) is 0.729. The summed E-state index contributed by atoms with van der Waals surface area (Å²) in [6.45, 7) is 1.00. The van der Waals surface area contributed by atoms with Crippen molar-refractivity contribution in [1.29, 1.82) is 0 Å². The summed E-state index contributed by atoms with van der Waals surface area (Å²) >= 11 is 0. The fraction of sp³-hybridized carbons (Fsp3) is 0.333. The lowest BCUT2D eigenvalue weighted by molar-refractivity contribution is -0.0610. The number of nitrogens with two attached hydrogens (primary N) is 1. The zero-order valence-electron chi connectivity index (χ0n) is 9.18. The van der Waals surface area contributed by atoms with Crippen LogP contribution in [0, 0.1) is 0 Å². The third-order valence-electron chi connectivity index (χ3n) is 3.13. The van der Waals surface area contributed by atoms with Crippen LogP contribution in [0.1, 0.15) is 20.7 Å². The summed E-state index contributed by atoms with van der Waals surface area (Å²) in [5, 5.41) is 0. The largest absolute Gasteiger partial charge is 0.377 e. The molecule has 5 heteroatoms. The van der Waals surface area contributed by atoms with E-state index in [2.05, 4.69) is 0 Å². The van der Waals surface area contributed by atoms with E-state index in [0.29, 0.717) is 24.3 Å². The summed E-state index contributed by atoms with van der Waals surface area (Å²) < 4.78 is 5.02. The highest BCUT2D eigenvalue weighted by Crippen LogP contribution is 2.25. The number of rotatable bonds is 2. The maximum Gasteiger partial charge on any atom is 0.261 e. The van der Waals surface area contributed by atoms with Crippen LogP contribution < -0.4 is 5.73 Å². The zero-order chi connectivity index (χ0) is 12.0. The van der Waals surface area contributed by atoms with Crippen molar-refractivity contribution < 1.29 is 14.3 Å². The van der Waals surface area contributed by atoms with Crippen LogP contribution in [0.3, 0.4) is 0 Å². The van der Waals surface area contributed by atoms with Gasteiger partial charge in [0.25, 0.3) is 11.8 Å². The van der Waals surface area contributed by atoms with Gasteiger partial charge in [-0.25, -0.2) is 0 Å². The molecule has 2 amide bonds. The molecule has 0 bridgehead atoms. The van der Waals surface area contributed by atoms with Gasteiger partial charge in [-0.15, -0.1) is 0 Å². The molecule has 1 saturated heterocycles. The van der Waals surface area contributed by atoms with Crippen molar-refractivity contribution in [1.82, 2.24) is 4.90 Å². The van der Waals surface area contributed by atoms with Gasteiger partial charge in [0.2, 0.25) is 0 Å². The van der Waals surface area contributed by atoms with Gasteiger partial charge in [0.15, 0.2) is 0 Å². The van der Waals surface area contributed by atoms with Crippen LogP contribution in [0.25, 0.3) is 0 Å². The highest BCUT2D eigenvalue weighted by atomic mass is 16.5. The first-order valence-corrected chi connectivity index (χ1v) is 5.43. The van der Waals surface area contributed by atoms with Crippen molar-refractivity contribution >= 4 is 11.8 Å². The number of imide groups is 1. The number of carbonyl (C=O) groups excluding carboxylic acids is 2. The van der Waals surface area contributed by atoms with Gasteiger partial charge < -0.3 is 10.5 Å². The molecule has 0 aliphatic carbocycles. The summed E-state index contributed by atoms with van der Waals surface area (Å²) in [6, 6.07) is 6.82. The van der Waals surface area contributed by atoms with Gasteiger partial charge in [-0.05, 0) is 12.1 Å². The van der Waals surface area contributed by atoms with Crippen molar-refractivity contribution in [2.75, 3.05) is 19.8 Å². The van der Waals surface area contributed by atoms with E-state index in [1.54, 1.807) is 24.3 Å². The average Bonchev–Trinajstić information content (AvgIpc) is 2.53. The van der Waals surface area contributed by atoms with Gasteiger partial charge in [-0.1, -0.05) is 12.1 Å². The lowest BCUT2D eigenvalue weighted by Gasteiger charge is -2.39. The maximum absolute atomic E-state index is 12.0. The number of ether oxygens (including phenoxy) is 1. The fourth-order valence-corrected chi connectivity index (χ4v) is 2.15. The van der Waals surface area contributed by atoms with Gasteiger partial charge in [0, 0.05) is 0 Å². The molecule has 2 N–H and O–H groups in total. The molecule has 2 aliphatic rings. The Morgan fingerprint density at radius 3 is 2.12 bits per heavy atom. The Balaban J connectivity index is 1.90. The number of fused-ring (bicyclic) bond motifs is 1. The molecule has 0 unspecified atom stereocenters. The molecule has 88 valence electrons. The first-order valence-electron chi connectivity index (χ1n) is 5.43. The van der Waals surface area contributed by atoms with Crippen LogP contribution in [0.4, 0.5) is 0 Å². The van der Waals surface area contributed by atoms with Crippen molar-refractivity contribution in [2.45, 2.75) is 5.54 Å². The monoisotopic (exact) mass is 232 g/mol. The minimum Gasteiger partial charge on any atom is -0.377 e. The average molecular weight is 232 g/mol. The van der Waals surface area contributed by atoms with Crippen LogP contribution in [0.15, 0.2) is 24.3 Å². The molecule has 1 aromatic carbocycles. The first-order chi connectivity index (χ1) is 8.11. The standard InChI is InChI=1S/C12H12N2O3/c13-12(6-17-7-12)5-14-10(15)8-3-1-2-4-9(8)11(14)16/h1-4H,5-7,13H2. The molecule has 5 nitrogen and oxygen atoms in total. The van der Waals surface area contributed by atoms with Crippen LogP contribution in [-0.2, 0) is 4.74 Å². The number of nitrogens with zero attached hydrogens (tertiary/aromatic N) is 1. The minimum atomic E-state index is -0.576. The molecule has 2 heterocycles. The molecule has 0 saturated carbocycles. The fourth-order valence-electron chi connectivity index (χ4n) is 2.15. The third kappa shape index (κ3) is 1.47. The van der Waals surface area contributed by atoms with Crippen LogP contribution >= 0.6 is 0 Å². The predicted molar refractivity (Wildman–Crippen MR) is 59.5 cm³/mol. The summed E-state index contributed by atoms with van der Waals surface area (Å²) in [5.74, 6) is -0.523. The second-order valence-corrected chi connectivity index (χ2v) is 4.60. The van der Waals surface area contributed by atoms with E-state index in [4.69, 9.17) is 10.5 Å². The van der Waals surface area contributed by atoms with Gasteiger partial charge in [-0.2, -0.15) is 0 Å². The summed E-state index contributed by atoms with van der Waals surface area (Å²) in [7, 11) is 0. The van der Waals surface area contributed by atoms with E-state index >= 15 is 0 Å². The van der Waals surface area contributed by atoms with E-state index in [0.717, 1.165) is 0 Å². The van der Waals surface area contributed by atoms with Crippen molar-refractivity contribution in [3.8, 4) is 0 Å². The van der Waals surface area contributed by atoms with E-state index in [1.807, 2.05) is 0 Å². The Hall–Kier alpha value is -1.72. The Bertz CT molecular complexity index is 473. The van der Waals surface area contributed by atoms with Crippen molar-refractivity contribution in [3.63, 3.8) is 0 Å². The van der Waals surface area contributed by atoms with Gasteiger partial charge >= 0.3 is 0 Å². The van der Waals surface area contributed by atoms with Gasteiger partial charge in [0.05, 0.1) is 36.4 Å². The third-order valence-corrected chi connectivity index (χ3v) is 3.13. The molecule has 0 spiro atoms. The number of hydrogen-bond acceptors (Lipinski definition) is 4. The summed E-state index contributed by atoms with van der Waals surface area (Å²) in [5.41, 5.74) is 6.31. The summed E-state index contributed by atoms with van der Waals surface area (Å²) in [4.78, 5) is 25.3. The van der Waals surface area contributed by atoms with E-state index in [1.165, 1.54) is 4.90 Å². The molecule has 0 aromatic heterocycles. The zero-order valence-corrected chi connectivity index (χ0v) is 9.18. The SMILES string of the molecule is NC1(CN2C(=O)c3ccccc3C2=O)COC1. The second kappa shape index (κ2) is 3.38. The maximum atomic E-state index is 12.0. The topological polar surface area (TPSA) is 72.6 Å². The molecule has 1 fully saturated rings. The van der Waals surface area contributed by atoms with Crippen molar-refractivity contribution in [3.05, 3.63) is 35.4 Å². The highest BCUT2D eigenvalue weighted by Gasteiger charge is 2.43. The smallest absolute Gasteiger partial charge is 0.261 e. The van der Waals surface area contributed by atoms with Crippen molar-refractivity contribution in [2.24, 2.45) is 5.73 Å². The molecule has 1 aromatic rings. The lowest BCUT2D eigenvalue weighted by atomic mass is 9.98. The Morgan fingerprint density at radius 2 is 1.71 bits per heavy atom. The van der Waals surface area contributed by atoms with Crippen LogP contribution in [0.5, 0.6) is 0 Å². The molecule has 2 aliphatic heterocycles. The molecular formula is C12H12N2O3. The normalized spacial score (nSPS) is 21.4. The highest BCUT2D eigenvalue weighted by molar-refractivity contribution is 6.21. The Kier molecular flexibility index (Phi) is 2.08. The minimum absolute atomic E-state index is 0.222. The Morgan fingerprint density at radius 1 is 1.18 bits per heavy atom. The molecule has 0 atom stereocenters. The molecule has 3 rings (SSSR count). The molecule has 0 radical (unpaired) electrons. The van der Waals surface area contributed by atoms with E-state index < -0.39 is 5.54 Å². The van der Waals surface area contributed by atoms with E-state index in [-0.39, 0.29) is 18.4 Å². The summed E-state index contributed by atoms with van der Waals surface area (Å²) in [6.07, 6.45) is 0. The number of carbonyl (C=O) groups is 2. The number of hydrogen-bond donors (Lipinski definition) is 1. The molecular weight excluding hydrogens is 220 g/mol. The Labute approximate surface area is 98.1 Å². The van der Waals surface area contributed by atoms with Gasteiger partial charge in [-0.3, -0.25) is 14.5 Å². The van der Waals surface area contributed by atoms with Crippen LogP contribution in [-0.4, -0.2) is 42.0 Å². The lowest BCUT2D eigenvalue weighted by Crippen LogP contribution is -2.64. The first kappa shape index (κ1) is 10.4. The second-order valence-electron chi connectivity index (χ2n) is 4.60. The number of benzene rings is 1. The van der Waals surface area contributed by atoms with E-state index in [9.17, 15) is 9.59 Å². The predicted octanol–water partition coefficient (Wildman–Crippen LogP) is 0.0103.